The molecular formula is C21H29N3O3S. The number of nitrogens with one attached hydrogen (secondary N) is 2. The van der Waals surface area contributed by atoms with E-state index in [2.05, 4.69) is 24.1 Å². The number of fused-ring (bicyclic) bond motifs is 1. The molecule has 0 bridgehead atoms. The smallest absolute Gasteiger partial charge is 0.253 e. The highest BCUT2D eigenvalue weighted by Crippen LogP contribution is 2.20. The predicted octanol–water partition coefficient (Wildman–Crippen LogP) is 3.05. The molecular weight excluding hydrogens is 374 g/mol. The first-order chi connectivity index (χ1) is 13.5. The van der Waals surface area contributed by atoms with Gasteiger partial charge in [-0.25, -0.2) is 0 Å². The van der Waals surface area contributed by atoms with Crippen molar-refractivity contribution in [2.45, 2.75) is 39.3 Å². The van der Waals surface area contributed by atoms with Crippen molar-refractivity contribution in [1.82, 2.24) is 15.2 Å². The molecule has 0 unspecified atom stereocenters. The highest BCUT2D eigenvalue weighted by molar-refractivity contribution is 7.80. The van der Waals surface area contributed by atoms with Crippen molar-refractivity contribution >= 4 is 28.2 Å². The molecule has 1 aliphatic rings. The van der Waals surface area contributed by atoms with E-state index in [1.54, 1.807) is 7.11 Å². The minimum Gasteiger partial charge on any atom is -0.497 e. The Morgan fingerprint density at radius 2 is 2.25 bits per heavy atom. The van der Waals surface area contributed by atoms with Gasteiger partial charge in [-0.2, -0.15) is 0 Å². The third kappa shape index (κ3) is 5.23. The van der Waals surface area contributed by atoms with Gasteiger partial charge < -0.3 is 24.7 Å². The standard InChI is InChI=1S/C21H29N3O3S/c1-14(2)11-22-21(28)24(13-18-5-4-8-27-18)12-16-9-15-6-7-17(26-3)10-19(15)23-20(16)25/h6-7,9-10,14,18H,4-5,8,11-13H2,1-3H3,(H,22,28)(H,23,25)/t18-/m1/s1. The number of ether oxygens (including phenoxy) is 2. The number of hydrogen-bond acceptors (Lipinski definition) is 4. The van der Waals surface area contributed by atoms with Gasteiger partial charge >= 0.3 is 0 Å². The van der Waals surface area contributed by atoms with Crippen LogP contribution in [0.5, 0.6) is 5.75 Å². The van der Waals surface area contributed by atoms with Crippen LogP contribution in [0.15, 0.2) is 29.1 Å². The third-order valence-corrected chi connectivity index (χ3v) is 5.29. The van der Waals surface area contributed by atoms with Gasteiger partial charge in [0.15, 0.2) is 5.11 Å². The molecule has 3 rings (SSSR count). The number of benzene rings is 1. The van der Waals surface area contributed by atoms with Crippen molar-refractivity contribution < 1.29 is 9.47 Å². The lowest BCUT2D eigenvalue weighted by atomic mass is 10.1. The zero-order valence-electron chi connectivity index (χ0n) is 16.8. The van der Waals surface area contributed by atoms with E-state index in [0.717, 1.165) is 42.6 Å². The van der Waals surface area contributed by atoms with Crippen molar-refractivity contribution in [3.05, 3.63) is 40.2 Å². The number of H-pyrrole nitrogens is 1. The van der Waals surface area contributed by atoms with E-state index in [4.69, 9.17) is 21.7 Å². The maximum absolute atomic E-state index is 12.7. The summed E-state index contributed by atoms with van der Waals surface area (Å²) in [6.45, 7) is 7.01. The Kier molecular flexibility index (Phi) is 6.91. The number of nitrogens with zero attached hydrogens (tertiary/aromatic N) is 1. The Bertz CT molecular complexity index is 875. The Morgan fingerprint density at radius 3 is 2.93 bits per heavy atom. The highest BCUT2D eigenvalue weighted by Gasteiger charge is 2.22. The van der Waals surface area contributed by atoms with Gasteiger partial charge in [-0.05, 0) is 54.6 Å². The summed E-state index contributed by atoms with van der Waals surface area (Å²) in [6, 6.07) is 7.61. The zero-order chi connectivity index (χ0) is 20.1. The molecule has 1 aliphatic heterocycles. The number of methoxy groups -OCH3 is 1. The number of aromatic amines is 1. The molecule has 0 amide bonds. The fourth-order valence-electron chi connectivity index (χ4n) is 3.33. The van der Waals surface area contributed by atoms with Crippen LogP contribution in [0, 0.1) is 5.92 Å². The lowest BCUT2D eigenvalue weighted by molar-refractivity contribution is 0.0896. The average molecular weight is 404 g/mol. The molecule has 0 saturated carbocycles. The minimum absolute atomic E-state index is 0.107. The van der Waals surface area contributed by atoms with Crippen molar-refractivity contribution in [3.8, 4) is 5.75 Å². The summed E-state index contributed by atoms with van der Waals surface area (Å²) in [5, 5.41) is 4.95. The van der Waals surface area contributed by atoms with Gasteiger partial charge in [0.05, 0.1) is 25.3 Å². The number of pyridine rings is 1. The van der Waals surface area contributed by atoms with E-state index < -0.39 is 0 Å². The van der Waals surface area contributed by atoms with Gasteiger partial charge in [-0.1, -0.05) is 13.8 Å². The van der Waals surface area contributed by atoms with E-state index in [1.165, 1.54) is 0 Å². The maximum atomic E-state index is 12.7. The predicted molar refractivity (Wildman–Crippen MR) is 116 cm³/mol. The maximum Gasteiger partial charge on any atom is 0.253 e. The second-order valence-corrected chi connectivity index (χ2v) is 8.06. The van der Waals surface area contributed by atoms with Crippen LogP contribution in [0.2, 0.25) is 0 Å². The molecule has 2 aromatic rings. The van der Waals surface area contributed by atoms with Crippen LogP contribution in [0.25, 0.3) is 10.9 Å². The molecule has 6 nitrogen and oxygen atoms in total. The first-order valence-corrected chi connectivity index (χ1v) is 10.2. The number of hydrogen-bond donors (Lipinski definition) is 2. The second-order valence-electron chi connectivity index (χ2n) is 7.67. The summed E-state index contributed by atoms with van der Waals surface area (Å²) in [5.41, 5.74) is 1.34. The first-order valence-electron chi connectivity index (χ1n) is 9.80. The number of aromatic nitrogens is 1. The van der Waals surface area contributed by atoms with Crippen molar-refractivity contribution in [1.29, 1.82) is 0 Å². The quantitative estimate of drug-likeness (QED) is 0.693. The SMILES string of the molecule is COc1ccc2cc(CN(C[C@H]3CCCO3)C(=S)NCC(C)C)c(=O)[nH]c2c1. The van der Waals surface area contributed by atoms with Crippen molar-refractivity contribution in [3.63, 3.8) is 0 Å². The van der Waals surface area contributed by atoms with Gasteiger partial charge in [-0.3, -0.25) is 4.79 Å². The number of rotatable bonds is 7. The van der Waals surface area contributed by atoms with Gasteiger partial charge in [0.25, 0.3) is 5.56 Å². The molecule has 1 aromatic carbocycles. The summed E-state index contributed by atoms with van der Waals surface area (Å²) in [6.07, 6.45) is 2.25. The lowest BCUT2D eigenvalue weighted by Crippen LogP contribution is -2.44. The first kappa shape index (κ1) is 20.6. The van der Waals surface area contributed by atoms with Gasteiger partial charge in [0.1, 0.15) is 5.75 Å². The Hall–Kier alpha value is -2.12. The Balaban J connectivity index is 1.82. The van der Waals surface area contributed by atoms with E-state index >= 15 is 0 Å². The van der Waals surface area contributed by atoms with Gasteiger partial charge in [-0.15, -0.1) is 0 Å². The topological polar surface area (TPSA) is 66.6 Å². The highest BCUT2D eigenvalue weighted by atomic mass is 32.1. The molecule has 1 fully saturated rings. The van der Waals surface area contributed by atoms with E-state index in [-0.39, 0.29) is 11.7 Å². The fourth-order valence-corrected chi connectivity index (χ4v) is 3.55. The van der Waals surface area contributed by atoms with Gasteiger partial charge in [0.2, 0.25) is 0 Å². The average Bonchev–Trinajstić information content (AvgIpc) is 3.18. The molecule has 2 N–H and O–H groups in total. The normalized spacial score (nSPS) is 16.5. The van der Waals surface area contributed by atoms with Crippen LogP contribution in [0.1, 0.15) is 32.3 Å². The molecule has 2 heterocycles. The zero-order valence-corrected chi connectivity index (χ0v) is 17.6. The second kappa shape index (κ2) is 9.39. The largest absolute Gasteiger partial charge is 0.497 e. The van der Waals surface area contributed by atoms with E-state index in [9.17, 15) is 4.79 Å². The monoisotopic (exact) mass is 403 g/mol. The molecule has 0 spiro atoms. The summed E-state index contributed by atoms with van der Waals surface area (Å²) in [4.78, 5) is 17.7. The Labute approximate surface area is 171 Å². The molecule has 0 aliphatic carbocycles. The molecule has 1 aromatic heterocycles. The van der Waals surface area contributed by atoms with Crippen LogP contribution >= 0.6 is 12.2 Å². The van der Waals surface area contributed by atoms with Crippen LogP contribution in [-0.2, 0) is 11.3 Å². The van der Waals surface area contributed by atoms with Crippen LogP contribution in [0.4, 0.5) is 0 Å². The summed E-state index contributed by atoms with van der Waals surface area (Å²) in [5.74, 6) is 1.21. The van der Waals surface area contributed by atoms with Crippen molar-refractivity contribution in [2.24, 2.45) is 5.92 Å². The van der Waals surface area contributed by atoms with E-state index in [0.29, 0.717) is 29.7 Å². The van der Waals surface area contributed by atoms with Crippen LogP contribution in [-0.4, -0.2) is 47.9 Å². The molecule has 0 radical (unpaired) electrons. The lowest BCUT2D eigenvalue weighted by Gasteiger charge is -2.28. The van der Waals surface area contributed by atoms with Crippen LogP contribution < -0.4 is 15.6 Å². The molecule has 28 heavy (non-hydrogen) atoms. The molecule has 1 saturated heterocycles. The molecule has 152 valence electrons. The van der Waals surface area contributed by atoms with Gasteiger partial charge in [0, 0.05) is 31.3 Å². The van der Waals surface area contributed by atoms with E-state index in [1.807, 2.05) is 29.2 Å². The Morgan fingerprint density at radius 1 is 1.43 bits per heavy atom. The molecule has 7 heteroatoms. The summed E-state index contributed by atoms with van der Waals surface area (Å²) < 4.78 is 11.0. The molecule has 1 atom stereocenters. The minimum atomic E-state index is -0.107. The van der Waals surface area contributed by atoms with Crippen molar-refractivity contribution in [2.75, 3.05) is 26.8 Å². The summed E-state index contributed by atoms with van der Waals surface area (Å²) >= 11 is 5.63. The number of thiocarbonyl (C=S) groups is 1. The fraction of sp³-hybridized carbons (Fsp3) is 0.524. The van der Waals surface area contributed by atoms with Crippen LogP contribution in [0.3, 0.4) is 0 Å². The summed E-state index contributed by atoms with van der Waals surface area (Å²) in [7, 11) is 1.61. The third-order valence-electron chi connectivity index (χ3n) is 4.89.